The quantitative estimate of drug-likeness (QED) is 0.811. The number of halogens is 2. The topological polar surface area (TPSA) is 61.3 Å². The van der Waals surface area contributed by atoms with Crippen LogP contribution in [0.25, 0.3) is 11.0 Å². The zero-order valence-electron chi connectivity index (χ0n) is 10.2. The van der Waals surface area contributed by atoms with Crippen molar-refractivity contribution in [3.8, 4) is 5.88 Å². The highest BCUT2D eigenvalue weighted by Gasteiger charge is 2.17. The van der Waals surface area contributed by atoms with Gasteiger partial charge in [0.15, 0.2) is 11.5 Å². The average Bonchev–Trinajstić information content (AvgIpc) is 2.39. The minimum absolute atomic E-state index is 0.0532. The first-order chi connectivity index (χ1) is 9.08. The first kappa shape index (κ1) is 13.5. The van der Waals surface area contributed by atoms with Crippen molar-refractivity contribution in [1.29, 1.82) is 0 Å². The molecule has 7 heteroatoms. The highest BCUT2D eigenvalue weighted by molar-refractivity contribution is 6.38. The SMILES string of the molecule is CCOC(=O)c1cnc2nc(OC)c(F)cc2c1Cl. The molecule has 0 amide bonds. The summed E-state index contributed by atoms with van der Waals surface area (Å²) in [7, 11) is 1.30. The molecule has 2 heterocycles. The summed E-state index contributed by atoms with van der Waals surface area (Å²) < 4.78 is 23.2. The van der Waals surface area contributed by atoms with E-state index in [1.807, 2.05) is 0 Å². The Balaban J connectivity index is 2.61. The highest BCUT2D eigenvalue weighted by atomic mass is 35.5. The number of aromatic nitrogens is 2. The van der Waals surface area contributed by atoms with Crippen molar-refractivity contribution in [2.24, 2.45) is 0 Å². The molecule has 0 aliphatic rings. The zero-order chi connectivity index (χ0) is 14.0. The summed E-state index contributed by atoms with van der Waals surface area (Å²) >= 11 is 6.05. The van der Waals surface area contributed by atoms with Gasteiger partial charge >= 0.3 is 5.97 Å². The van der Waals surface area contributed by atoms with Gasteiger partial charge in [-0.3, -0.25) is 0 Å². The lowest BCUT2D eigenvalue weighted by Crippen LogP contribution is -2.07. The van der Waals surface area contributed by atoms with E-state index in [4.69, 9.17) is 21.1 Å². The van der Waals surface area contributed by atoms with Gasteiger partial charge in [-0.1, -0.05) is 11.6 Å². The van der Waals surface area contributed by atoms with Gasteiger partial charge in [0.1, 0.15) is 0 Å². The summed E-state index contributed by atoms with van der Waals surface area (Å²) in [5, 5.41) is 0.281. The van der Waals surface area contributed by atoms with E-state index >= 15 is 0 Å². The fourth-order valence-electron chi connectivity index (χ4n) is 1.54. The second-order valence-corrected chi connectivity index (χ2v) is 3.93. The van der Waals surface area contributed by atoms with Crippen molar-refractivity contribution >= 4 is 28.6 Å². The van der Waals surface area contributed by atoms with Crippen LogP contribution in [-0.2, 0) is 4.74 Å². The Hall–Kier alpha value is -1.95. The van der Waals surface area contributed by atoms with E-state index in [9.17, 15) is 9.18 Å². The van der Waals surface area contributed by atoms with Gasteiger partial charge in [0, 0.05) is 11.6 Å². The van der Waals surface area contributed by atoms with Crippen LogP contribution in [0, 0.1) is 5.82 Å². The van der Waals surface area contributed by atoms with Crippen LogP contribution < -0.4 is 4.74 Å². The maximum Gasteiger partial charge on any atom is 0.341 e. The van der Waals surface area contributed by atoms with Crippen molar-refractivity contribution < 1.29 is 18.7 Å². The maximum absolute atomic E-state index is 13.6. The minimum Gasteiger partial charge on any atom is -0.479 e. The first-order valence-corrected chi connectivity index (χ1v) is 5.82. The molecule has 0 saturated carbocycles. The van der Waals surface area contributed by atoms with Gasteiger partial charge in [0.25, 0.3) is 5.88 Å². The summed E-state index contributed by atoms with van der Waals surface area (Å²) in [5.74, 6) is -1.47. The molecule has 2 aromatic rings. The van der Waals surface area contributed by atoms with E-state index in [0.29, 0.717) is 0 Å². The maximum atomic E-state index is 13.6. The van der Waals surface area contributed by atoms with Crippen LogP contribution in [-0.4, -0.2) is 29.7 Å². The van der Waals surface area contributed by atoms with Gasteiger partial charge in [0.2, 0.25) is 0 Å². The number of esters is 1. The second-order valence-electron chi connectivity index (χ2n) is 3.56. The second kappa shape index (κ2) is 5.36. The Morgan fingerprint density at radius 2 is 2.26 bits per heavy atom. The molecule has 0 saturated heterocycles. The van der Waals surface area contributed by atoms with Crippen molar-refractivity contribution in [2.75, 3.05) is 13.7 Å². The number of ether oxygens (including phenoxy) is 2. The number of hydrogen-bond acceptors (Lipinski definition) is 5. The lowest BCUT2D eigenvalue weighted by molar-refractivity contribution is 0.0526. The molecule has 0 atom stereocenters. The lowest BCUT2D eigenvalue weighted by atomic mass is 10.2. The average molecular weight is 285 g/mol. The zero-order valence-corrected chi connectivity index (χ0v) is 11.0. The van der Waals surface area contributed by atoms with Crippen LogP contribution in [0.15, 0.2) is 12.3 Å². The van der Waals surface area contributed by atoms with E-state index < -0.39 is 11.8 Å². The molecule has 0 bridgehead atoms. The molecule has 0 aliphatic carbocycles. The van der Waals surface area contributed by atoms with Gasteiger partial charge in [-0.05, 0) is 13.0 Å². The molecule has 0 aromatic carbocycles. The summed E-state index contributed by atoms with van der Waals surface area (Å²) in [6.45, 7) is 1.88. The van der Waals surface area contributed by atoms with Crippen LogP contribution in [0.1, 0.15) is 17.3 Å². The third-order valence-corrected chi connectivity index (χ3v) is 2.81. The molecule has 0 N–H and O–H groups in total. The molecule has 2 aromatic heterocycles. The molecule has 19 heavy (non-hydrogen) atoms. The summed E-state index contributed by atoms with van der Waals surface area (Å²) in [5.41, 5.74) is 0.263. The number of carbonyl (C=O) groups excluding carboxylic acids is 1. The van der Waals surface area contributed by atoms with Crippen LogP contribution in [0.5, 0.6) is 5.88 Å². The summed E-state index contributed by atoms with van der Waals surface area (Å²) in [6.07, 6.45) is 1.24. The van der Waals surface area contributed by atoms with E-state index in [0.717, 1.165) is 6.07 Å². The number of fused-ring (bicyclic) bond motifs is 1. The minimum atomic E-state index is -0.681. The normalized spacial score (nSPS) is 10.5. The molecular formula is C12H10ClFN2O3. The first-order valence-electron chi connectivity index (χ1n) is 5.44. The van der Waals surface area contributed by atoms with Crippen LogP contribution >= 0.6 is 11.6 Å². The van der Waals surface area contributed by atoms with Crippen LogP contribution in [0.2, 0.25) is 5.02 Å². The van der Waals surface area contributed by atoms with Gasteiger partial charge in [-0.25, -0.2) is 14.2 Å². The van der Waals surface area contributed by atoms with E-state index in [1.54, 1.807) is 6.92 Å². The van der Waals surface area contributed by atoms with E-state index in [1.165, 1.54) is 13.3 Å². The van der Waals surface area contributed by atoms with Crippen molar-refractivity contribution in [2.45, 2.75) is 6.92 Å². The predicted molar refractivity (Wildman–Crippen MR) is 67.0 cm³/mol. The summed E-state index contributed by atoms with van der Waals surface area (Å²) in [6, 6.07) is 1.12. The number of carbonyl (C=O) groups is 1. The Morgan fingerprint density at radius 3 is 2.89 bits per heavy atom. The summed E-state index contributed by atoms with van der Waals surface area (Å²) in [4.78, 5) is 19.4. The number of methoxy groups -OCH3 is 1. The Kier molecular flexibility index (Phi) is 3.80. The third kappa shape index (κ3) is 2.44. The monoisotopic (exact) mass is 284 g/mol. The van der Waals surface area contributed by atoms with Crippen LogP contribution in [0.4, 0.5) is 4.39 Å². The Labute approximate surface area is 113 Å². The number of nitrogens with zero attached hydrogens (tertiary/aromatic N) is 2. The number of hydrogen-bond donors (Lipinski definition) is 0. The lowest BCUT2D eigenvalue weighted by Gasteiger charge is -2.07. The predicted octanol–water partition coefficient (Wildman–Crippen LogP) is 2.61. The number of pyridine rings is 2. The van der Waals surface area contributed by atoms with Gasteiger partial charge in [-0.15, -0.1) is 0 Å². The Bertz CT molecular complexity index is 648. The molecule has 5 nitrogen and oxygen atoms in total. The van der Waals surface area contributed by atoms with Gasteiger partial charge in [0.05, 0.1) is 24.3 Å². The third-order valence-electron chi connectivity index (χ3n) is 2.40. The van der Waals surface area contributed by atoms with E-state index in [-0.39, 0.29) is 34.1 Å². The highest BCUT2D eigenvalue weighted by Crippen LogP contribution is 2.28. The fourth-order valence-corrected chi connectivity index (χ4v) is 1.81. The standard InChI is InChI=1S/C12H10ClFN2O3/c1-3-19-12(17)7-5-15-10-6(9(7)13)4-8(14)11(16-10)18-2/h4-5H,3H2,1-2H3. The molecule has 0 fully saturated rings. The Morgan fingerprint density at radius 1 is 1.53 bits per heavy atom. The molecule has 0 radical (unpaired) electrons. The smallest absolute Gasteiger partial charge is 0.341 e. The number of rotatable bonds is 3. The largest absolute Gasteiger partial charge is 0.479 e. The molecule has 0 spiro atoms. The molecule has 100 valence electrons. The molecular weight excluding hydrogens is 275 g/mol. The molecule has 0 unspecified atom stereocenters. The van der Waals surface area contributed by atoms with E-state index in [2.05, 4.69) is 9.97 Å². The van der Waals surface area contributed by atoms with Gasteiger partial charge < -0.3 is 9.47 Å². The molecule has 2 rings (SSSR count). The molecule has 0 aliphatic heterocycles. The van der Waals surface area contributed by atoms with Crippen molar-refractivity contribution in [3.63, 3.8) is 0 Å². The van der Waals surface area contributed by atoms with Crippen molar-refractivity contribution in [1.82, 2.24) is 9.97 Å². The van der Waals surface area contributed by atoms with Gasteiger partial charge in [-0.2, -0.15) is 4.98 Å². The van der Waals surface area contributed by atoms with Crippen LogP contribution in [0.3, 0.4) is 0 Å². The fraction of sp³-hybridized carbons (Fsp3) is 0.250. The van der Waals surface area contributed by atoms with Crippen molar-refractivity contribution in [3.05, 3.63) is 28.7 Å².